The smallest absolute Gasteiger partial charge is 0.341 e. The molecule has 0 aliphatic heterocycles. The van der Waals surface area contributed by atoms with Crippen molar-refractivity contribution in [2.45, 2.75) is 38.3 Å². The zero-order chi connectivity index (χ0) is 18.7. The summed E-state index contributed by atoms with van der Waals surface area (Å²) < 4.78 is 31.6. The number of carbonyl (C=O) groups excluding carboxylic acids is 2. The number of amides is 1. The Morgan fingerprint density at radius 1 is 1.19 bits per heavy atom. The van der Waals surface area contributed by atoms with E-state index in [0.29, 0.717) is 6.07 Å². The number of hydrogen-bond acceptors (Lipinski definition) is 3. The lowest BCUT2D eigenvalue weighted by Gasteiger charge is -2.27. The van der Waals surface area contributed by atoms with Gasteiger partial charge in [-0.15, -0.1) is 0 Å². The first-order chi connectivity index (χ1) is 12.5. The molecule has 0 saturated carbocycles. The number of rotatable bonds is 4. The van der Waals surface area contributed by atoms with Gasteiger partial charge < -0.3 is 10.1 Å². The molecular weight excluding hydrogens is 340 g/mol. The van der Waals surface area contributed by atoms with Crippen molar-refractivity contribution in [3.05, 3.63) is 70.8 Å². The average Bonchev–Trinajstić information content (AvgIpc) is 2.61. The van der Waals surface area contributed by atoms with Crippen LogP contribution in [0.3, 0.4) is 0 Å². The molecule has 2 aromatic carbocycles. The van der Waals surface area contributed by atoms with Crippen molar-refractivity contribution in [2.75, 3.05) is 0 Å². The van der Waals surface area contributed by atoms with Gasteiger partial charge in [0.25, 0.3) is 5.91 Å². The van der Waals surface area contributed by atoms with Gasteiger partial charge in [0, 0.05) is 6.07 Å². The van der Waals surface area contributed by atoms with E-state index in [1.807, 2.05) is 24.3 Å². The number of fused-ring (bicyclic) bond motifs is 1. The zero-order valence-electron chi connectivity index (χ0n) is 14.3. The minimum Gasteiger partial charge on any atom is -0.449 e. The number of ether oxygens (including phenoxy) is 1. The summed E-state index contributed by atoms with van der Waals surface area (Å²) in [6.07, 6.45) is 1.63. The van der Waals surface area contributed by atoms with Gasteiger partial charge in [0.15, 0.2) is 6.10 Å². The molecule has 0 spiro atoms. The summed E-state index contributed by atoms with van der Waals surface area (Å²) >= 11 is 0. The molecule has 0 saturated heterocycles. The van der Waals surface area contributed by atoms with Gasteiger partial charge in [0.1, 0.15) is 11.6 Å². The molecule has 0 heterocycles. The maximum atomic E-state index is 13.6. The van der Waals surface area contributed by atoms with E-state index in [2.05, 4.69) is 5.32 Å². The van der Waals surface area contributed by atoms with Crippen LogP contribution >= 0.6 is 0 Å². The number of carbonyl (C=O) groups is 2. The van der Waals surface area contributed by atoms with Gasteiger partial charge in [-0.1, -0.05) is 24.3 Å². The minimum absolute atomic E-state index is 0.142. The molecule has 1 aliphatic carbocycles. The fourth-order valence-electron chi connectivity index (χ4n) is 3.13. The van der Waals surface area contributed by atoms with Gasteiger partial charge in [0.05, 0.1) is 11.6 Å². The molecule has 1 N–H and O–H groups in total. The van der Waals surface area contributed by atoms with Crippen molar-refractivity contribution in [3.8, 4) is 0 Å². The summed E-state index contributed by atoms with van der Waals surface area (Å²) in [7, 11) is 0. The van der Waals surface area contributed by atoms with Crippen LogP contribution < -0.4 is 5.32 Å². The Bertz CT molecular complexity index is 838. The molecule has 0 aromatic heterocycles. The van der Waals surface area contributed by atoms with Crippen molar-refractivity contribution in [1.29, 1.82) is 0 Å². The van der Waals surface area contributed by atoms with Gasteiger partial charge in [-0.25, -0.2) is 13.6 Å². The lowest BCUT2D eigenvalue weighted by Crippen LogP contribution is -2.39. The fourth-order valence-corrected chi connectivity index (χ4v) is 3.13. The van der Waals surface area contributed by atoms with Crippen molar-refractivity contribution in [1.82, 2.24) is 5.32 Å². The maximum absolute atomic E-state index is 13.6. The molecule has 2 atom stereocenters. The summed E-state index contributed by atoms with van der Waals surface area (Å²) in [5, 5.41) is 2.89. The average molecular weight is 359 g/mol. The van der Waals surface area contributed by atoms with Gasteiger partial charge in [-0.3, -0.25) is 4.79 Å². The van der Waals surface area contributed by atoms with Gasteiger partial charge in [-0.2, -0.15) is 0 Å². The molecule has 1 aliphatic rings. The van der Waals surface area contributed by atoms with E-state index in [0.717, 1.165) is 37.0 Å². The first-order valence-corrected chi connectivity index (χ1v) is 8.50. The second-order valence-electron chi connectivity index (χ2n) is 6.32. The van der Waals surface area contributed by atoms with Crippen LogP contribution in [-0.4, -0.2) is 18.0 Å². The Kier molecular flexibility index (Phi) is 5.30. The molecule has 3 rings (SSSR count). The van der Waals surface area contributed by atoms with Crippen LogP contribution in [0.1, 0.15) is 47.3 Å². The molecule has 4 nitrogen and oxygen atoms in total. The van der Waals surface area contributed by atoms with Crippen LogP contribution in [0.5, 0.6) is 0 Å². The highest BCUT2D eigenvalue weighted by Gasteiger charge is 2.26. The van der Waals surface area contributed by atoms with E-state index in [4.69, 9.17) is 4.74 Å². The topological polar surface area (TPSA) is 55.4 Å². The Labute approximate surface area is 150 Å². The fraction of sp³-hybridized carbons (Fsp3) is 0.300. The van der Waals surface area contributed by atoms with E-state index in [1.165, 1.54) is 12.5 Å². The van der Waals surface area contributed by atoms with Gasteiger partial charge in [0.2, 0.25) is 0 Å². The third-order valence-electron chi connectivity index (χ3n) is 4.49. The number of benzene rings is 2. The van der Waals surface area contributed by atoms with E-state index < -0.39 is 35.2 Å². The van der Waals surface area contributed by atoms with Gasteiger partial charge in [-0.05, 0) is 49.4 Å². The zero-order valence-corrected chi connectivity index (χ0v) is 14.3. The standard InChI is InChI=1S/C20H19F2NO3/c1-12(26-20(25)16-10-9-14(21)11-17(16)22)19(24)23-18-8-4-6-13-5-2-3-7-15(13)18/h2-3,5,7,9-12,18H,4,6,8H2,1H3,(H,23,24)/t12-,18-/m1/s1. The molecule has 26 heavy (non-hydrogen) atoms. The van der Waals surface area contributed by atoms with Crippen molar-refractivity contribution in [3.63, 3.8) is 0 Å². The highest BCUT2D eigenvalue weighted by Crippen LogP contribution is 2.29. The molecule has 0 bridgehead atoms. The molecular formula is C20H19F2NO3. The second-order valence-corrected chi connectivity index (χ2v) is 6.32. The Morgan fingerprint density at radius 3 is 2.73 bits per heavy atom. The Morgan fingerprint density at radius 2 is 1.96 bits per heavy atom. The van der Waals surface area contributed by atoms with E-state index >= 15 is 0 Å². The van der Waals surface area contributed by atoms with Crippen LogP contribution in [0.2, 0.25) is 0 Å². The molecule has 136 valence electrons. The third-order valence-corrected chi connectivity index (χ3v) is 4.49. The number of halogens is 2. The minimum atomic E-state index is -1.10. The highest BCUT2D eigenvalue weighted by molar-refractivity contribution is 5.92. The Balaban J connectivity index is 1.64. The van der Waals surface area contributed by atoms with Crippen LogP contribution in [-0.2, 0) is 16.0 Å². The predicted molar refractivity (Wildman–Crippen MR) is 91.5 cm³/mol. The number of nitrogens with one attached hydrogen (secondary N) is 1. The number of aryl methyl sites for hydroxylation is 1. The van der Waals surface area contributed by atoms with Crippen molar-refractivity contribution < 1.29 is 23.1 Å². The quantitative estimate of drug-likeness (QED) is 0.847. The third kappa shape index (κ3) is 3.90. The lowest BCUT2D eigenvalue weighted by atomic mass is 9.87. The molecule has 0 radical (unpaired) electrons. The number of hydrogen-bond donors (Lipinski definition) is 1. The van der Waals surface area contributed by atoms with Crippen molar-refractivity contribution >= 4 is 11.9 Å². The lowest BCUT2D eigenvalue weighted by molar-refractivity contribution is -0.130. The largest absolute Gasteiger partial charge is 0.449 e. The predicted octanol–water partition coefficient (Wildman–Crippen LogP) is 3.70. The normalized spacial score (nSPS) is 17.1. The maximum Gasteiger partial charge on any atom is 0.341 e. The summed E-state index contributed by atoms with van der Waals surface area (Å²) in [5.74, 6) is -3.28. The van der Waals surface area contributed by atoms with Crippen LogP contribution in [0, 0.1) is 11.6 Å². The first kappa shape index (κ1) is 18.0. The van der Waals surface area contributed by atoms with Crippen LogP contribution in [0.25, 0.3) is 0 Å². The molecule has 2 aromatic rings. The summed E-state index contributed by atoms with van der Waals surface area (Å²) in [5.41, 5.74) is 1.85. The monoisotopic (exact) mass is 359 g/mol. The summed E-state index contributed by atoms with van der Waals surface area (Å²) in [6, 6.07) is 10.3. The van der Waals surface area contributed by atoms with E-state index in [1.54, 1.807) is 0 Å². The summed E-state index contributed by atoms with van der Waals surface area (Å²) in [6.45, 7) is 1.42. The van der Waals surface area contributed by atoms with Crippen LogP contribution in [0.15, 0.2) is 42.5 Å². The SMILES string of the molecule is C[C@@H](OC(=O)c1ccc(F)cc1F)C(=O)N[C@@H]1CCCc2ccccc21. The van der Waals surface area contributed by atoms with E-state index in [-0.39, 0.29) is 6.04 Å². The van der Waals surface area contributed by atoms with Crippen LogP contribution in [0.4, 0.5) is 8.78 Å². The van der Waals surface area contributed by atoms with Crippen molar-refractivity contribution in [2.24, 2.45) is 0 Å². The molecule has 1 amide bonds. The summed E-state index contributed by atoms with van der Waals surface area (Å²) in [4.78, 5) is 24.4. The Hall–Kier alpha value is -2.76. The first-order valence-electron chi connectivity index (χ1n) is 8.50. The van der Waals surface area contributed by atoms with Gasteiger partial charge >= 0.3 is 5.97 Å². The van der Waals surface area contributed by atoms with E-state index in [9.17, 15) is 18.4 Å². The highest BCUT2D eigenvalue weighted by atomic mass is 19.1. The molecule has 0 fully saturated rings. The molecule has 0 unspecified atom stereocenters. The molecule has 6 heteroatoms. The second kappa shape index (κ2) is 7.64. The number of esters is 1.